The van der Waals surface area contributed by atoms with Crippen molar-refractivity contribution in [1.82, 2.24) is 4.90 Å². The third-order valence-corrected chi connectivity index (χ3v) is 10.1. The van der Waals surface area contributed by atoms with Gasteiger partial charge in [-0.25, -0.2) is 0 Å². The summed E-state index contributed by atoms with van der Waals surface area (Å²) < 4.78 is 0. The van der Waals surface area contributed by atoms with Gasteiger partial charge in [-0.05, 0) is 70.5 Å². The van der Waals surface area contributed by atoms with Crippen LogP contribution in [-0.4, -0.2) is 81.9 Å². The molecule has 0 amide bonds. The zero-order valence-electron chi connectivity index (χ0n) is 19.8. The van der Waals surface area contributed by atoms with Crippen molar-refractivity contribution in [2.24, 2.45) is 28.1 Å². The molecule has 0 heterocycles. The molecule has 4 aliphatic carbocycles. The summed E-state index contributed by atoms with van der Waals surface area (Å²) in [5.74, 6) is -0.657. The maximum atomic E-state index is 12.7. The third kappa shape index (κ3) is 2.84. The van der Waals surface area contributed by atoms with E-state index in [0.717, 1.165) is 12.0 Å². The number of ketones is 2. The van der Waals surface area contributed by atoms with Crippen molar-refractivity contribution >= 4 is 11.6 Å². The number of Topliss-reactive ketones (excluding diaryl/α,β-unsaturated/α-hetero) is 1. The lowest BCUT2D eigenvalue weighted by Gasteiger charge is -2.69. The number of carbonyl (C=O) groups is 2. The molecule has 4 rings (SSSR count). The Morgan fingerprint density at radius 2 is 1.88 bits per heavy atom. The highest BCUT2D eigenvalue weighted by atomic mass is 16.3. The van der Waals surface area contributed by atoms with E-state index in [0.29, 0.717) is 32.2 Å². The van der Waals surface area contributed by atoms with E-state index in [4.69, 9.17) is 0 Å². The number of likely N-dealkylation sites (N-methyl/N-ethyl adjacent to an activating group) is 1. The number of aliphatic hydroxyl groups excluding tert-OH is 3. The molecule has 1 unspecified atom stereocenters. The standard InChI is InChI=1S/C25H39NO6/c1-22-9-7-16(28)11-15(22)5-6-18-17-8-10-24(32,21(31)14-27)23(17,2)12-19(29)25(18,22)20(30)13-26(3)4/h11,17-20,27,29-30,32H,5-10,12-14H2,1-4H3/t17-,18-,19-,20?,22-,23-,24-,25+/m0/s1. The fourth-order valence-electron chi connectivity index (χ4n) is 8.64. The number of hydrogen-bond acceptors (Lipinski definition) is 7. The summed E-state index contributed by atoms with van der Waals surface area (Å²) in [6, 6.07) is 0. The van der Waals surface area contributed by atoms with Crippen LogP contribution in [0.2, 0.25) is 0 Å². The number of rotatable bonds is 5. The minimum Gasteiger partial charge on any atom is -0.392 e. The molecule has 180 valence electrons. The summed E-state index contributed by atoms with van der Waals surface area (Å²) >= 11 is 0. The minimum absolute atomic E-state index is 0.0702. The average molecular weight is 450 g/mol. The Balaban J connectivity index is 1.89. The second-order valence-corrected chi connectivity index (χ2v) is 11.5. The van der Waals surface area contributed by atoms with Gasteiger partial charge in [-0.3, -0.25) is 9.59 Å². The fourth-order valence-corrected chi connectivity index (χ4v) is 8.64. The van der Waals surface area contributed by atoms with Crippen LogP contribution in [-0.2, 0) is 9.59 Å². The molecule has 7 nitrogen and oxygen atoms in total. The first-order valence-electron chi connectivity index (χ1n) is 12.0. The van der Waals surface area contributed by atoms with E-state index in [1.807, 2.05) is 25.9 Å². The van der Waals surface area contributed by atoms with Crippen LogP contribution in [0, 0.1) is 28.1 Å². The molecule has 3 fully saturated rings. The van der Waals surface area contributed by atoms with Crippen LogP contribution >= 0.6 is 0 Å². The van der Waals surface area contributed by atoms with Gasteiger partial charge in [0, 0.05) is 29.2 Å². The Labute approximate surface area is 190 Å². The molecule has 7 heteroatoms. The van der Waals surface area contributed by atoms with Crippen LogP contribution in [0.1, 0.15) is 58.8 Å². The van der Waals surface area contributed by atoms with E-state index in [1.54, 1.807) is 6.08 Å². The largest absolute Gasteiger partial charge is 0.392 e. The van der Waals surface area contributed by atoms with Crippen molar-refractivity contribution in [2.45, 2.75) is 76.6 Å². The van der Waals surface area contributed by atoms with Gasteiger partial charge >= 0.3 is 0 Å². The molecule has 0 aliphatic heterocycles. The molecule has 3 saturated carbocycles. The molecule has 4 aliphatic rings. The summed E-state index contributed by atoms with van der Waals surface area (Å²) in [5, 5.41) is 44.7. The van der Waals surface area contributed by atoms with Crippen LogP contribution in [0.4, 0.5) is 0 Å². The Kier molecular flexibility index (Phi) is 5.78. The van der Waals surface area contributed by atoms with Gasteiger partial charge in [0.25, 0.3) is 0 Å². The van der Waals surface area contributed by atoms with Gasteiger partial charge in [0.05, 0.1) is 12.2 Å². The van der Waals surface area contributed by atoms with Gasteiger partial charge in [0.15, 0.2) is 11.6 Å². The number of allylic oxidation sites excluding steroid dienone is 1. The summed E-state index contributed by atoms with van der Waals surface area (Å²) in [6.07, 6.45) is 3.39. The van der Waals surface area contributed by atoms with Crippen LogP contribution in [0.15, 0.2) is 11.6 Å². The molecule has 8 atom stereocenters. The summed E-state index contributed by atoms with van der Waals surface area (Å²) in [5.41, 5.74) is -2.95. The molecule has 0 aromatic carbocycles. The SMILES string of the molecule is CN(C)CC(O)[C@]12[C@@H](O)C[C@@]3(C)[C@@H](CC[C@]3(O)C(=O)CO)[C@@H]1CCC1=CC(=O)CC[C@@]12C. The average Bonchev–Trinajstić information content (AvgIpc) is 2.98. The lowest BCUT2D eigenvalue weighted by Crippen LogP contribution is -2.72. The van der Waals surface area contributed by atoms with Crippen LogP contribution in [0.5, 0.6) is 0 Å². The van der Waals surface area contributed by atoms with E-state index in [-0.39, 0.29) is 30.5 Å². The zero-order chi connectivity index (χ0) is 23.7. The molecule has 0 aromatic heterocycles. The van der Waals surface area contributed by atoms with Gasteiger partial charge in [-0.1, -0.05) is 19.4 Å². The Hall–Kier alpha value is -1.12. The van der Waals surface area contributed by atoms with E-state index in [2.05, 4.69) is 6.92 Å². The maximum Gasteiger partial charge on any atom is 0.190 e. The molecule has 32 heavy (non-hydrogen) atoms. The minimum atomic E-state index is -1.67. The van der Waals surface area contributed by atoms with Crippen molar-refractivity contribution in [1.29, 1.82) is 0 Å². The van der Waals surface area contributed by atoms with Gasteiger partial charge in [0.2, 0.25) is 0 Å². The summed E-state index contributed by atoms with van der Waals surface area (Å²) in [4.78, 5) is 26.9. The van der Waals surface area contributed by atoms with Crippen molar-refractivity contribution in [3.63, 3.8) is 0 Å². The highest BCUT2D eigenvalue weighted by Gasteiger charge is 2.74. The third-order valence-electron chi connectivity index (χ3n) is 10.1. The second kappa shape index (κ2) is 7.70. The van der Waals surface area contributed by atoms with Gasteiger partial charge in [-0.15, -0.1) is 0 Å². The van der Waals surface area contributed by atoms with Crippen molar-refractivity contribution < 1.29 is 30.0 Å². The van der Waals surface area contributed by atoms with Crippen LogP contribution < -0.4 is 0 Å². The highest BCUT2D eigenvalue weighted by molar-refractivity contribution is 5.92. The number of aliphatic hydroxyl groups is 4. The molecular formula is C25H39NO6. The van der Waals surface area contributed by atoms with Crippen molar-refractivity contribution in [2.75, 3.05) is 27.2 Å². The van der Waals surface area contributed by atoms with Crippen molar-refractivity contribution in [3.8, 4) is 0 Å². The molecule has 0 bridgehead atoms. The lowest BCUT2D eigenvalue weighted by atomic mass is 9.37. The first-order valence-corrected chi connectivity index (χ1v) is 12.0. The second-order valence-electron chi connectivity index (χ2n) is 11.5. The topological polar surface area (TPSA) is 118 Å². The van der Waals surface area contributed by atoms with E-state index < -0.39 is 46.4 Å². The predicted octanol–water partition coefficient (Wildman–Crippen LogP) is 1.07. The van der Waals surface area contributed by atoms with E-state index in [9.17, 15) is 30.0 Å². The Bertz CT molecular complexity index is 840. The normalized spacial score (nSPS) is 46.8. The van der Waals surface area contributed by atoms with Gasteiger partial charge in [-0.2, -0.15) is 0 Å². The van der Waals surface area contributed by atoms with E-state index >= 15 is 0 Å². The first-order chi connectivity index (χ1) is 14.9. The Morgan fingerprint density at radius 1 is 1.19 bits per heavy atom. The van der Waals surface area contributed by atoms with Crippen LogP contribution in [0.25, 0.3) is 0 Å². The summed E-state index contributed by atoms with van der Waals surface area (Å²) in [6.45, 7) is 3.64. The monoisotopic (exact) mass is 449 g/mol. The zero-order valence-corrected chi connectivity index (χ0v) is 19.8. The fraction of sp³-hybridized carbons (Fsp3) is 0.840. The smallest absolute Gasteiger partial charge is 0.190 e. The van der Waals surface area contributed by atoms with Gasteiger partial charge in [0.1, 0.15) is 12.2 Å². The molecule has 0 aromatic rings. The lowest BCUT2D eigenvalue weighted by molar-refractivity contribution is -0.256. The number of carbonyl (C=O) groups excluding carboxylic acids is 2. The molecular weight excluding hydrogens is 410 g/mol. The Morgan fingerprint density at radius 3 is 2.50 bits per heavy atom. The van der Waals surface area contributed by atoms with Gasteiger partial charge < -0.3 is 25.3 Å². The predicted molar refractivity (Wildman–Crippen MR) is 119 cm³/mol. The van der Waals surface area contributed by atoms with Crippen molar-refractivity contribution in [3.05, 3.63) is 11.6 Å². The number of nitrogens with zero attached hydrogens (tertiary/aromatic N) is 1. The maximum absolute atomic E-state index is 12.7. The molecule has 0 radical (unpaired) electrons. The van der Waals surface area contributed by atoms with Crippen LogP contribution in [0.3, 0.4) is 0 Å². The van der Waals surface area contributed by atoms with E-state index in [1.165, 1.54) is 0 Å². The first kappa shape index (κ1) is 24.0. The highest BCUT2D eigenvalue weighted by Crippen LogP contribution is 2.73. The number of fused-ring (bicyclic) bond motifs is 5. The molecule has 4 N–H and O–H groups in total. The quantitative estimate of drug-likeness (QED) is 0.496. The molecule has 0 spiro atoms. The summed E-state index contributed by atoms with van der Waals surface area (Å²) in [7, 11) is 3.80. The molecule has 0 saturated heterocycles. The number of hydrogen-bond donors (Lipinski definition) is 4.